The topological polar surface area (TPSA) is 107 Å². The highest BCUT2D eigenvalue weighted by molar-refractivity contribution is 6.10. The molecule has 1 saturated carbocycles. The molecule has 0 bridgehead atoms. The van der Waals surface area contributed by atoms with Crippen LogP contribution in [0.3, 0.4) is 0 Å². The van der Waals surface area contributed by atoms with E-state index in [0.717, 1.165) is 12.8 Å². The van der Waals surface area contributed by atoms with Crippen LogP contribution in [0.1, 0.15) is 25.7 Å². The Kier molecular flexibility index (Phi) is 4.78. The van der Waals surface area contributed by atoms with Crippen LogP contribution in [0.5, 0.6) is 0 Å². The van der Waals surface area contributed by atoms with Gasteiger partial charge in [-0.15, -0.1) is 0 Å². The van der Waals surface area contributed by atoms with Crippen molar-refractivity contribution in [3.8, 4) is 0 Å². The van der Waals surface area contributed by atoms with Gasteiger partial charge in [-0.2, -0.15) is 0 Å². The fourth-order valence-corrected chi connectivity index (χ4v) is 4.26. The Morgan fingerprint density at radius 1 is 1.07 bits per heavy atom. The SMILES string of the molecule is O=C1CN(C(=O)CCC(=O)N2C[C@H](C(=O)O)[C@@H](C3CC3)C2)c2ccccc2N1. The van der Waals surface area contributed by atoms with Gasteiger partial charge in [-0.25, -0.2) is 0 Å². The molecule has 0 unspecified atom stereocenters. The predicted octanol–water partition coefficient (Wildman–Crippen LogP) is 1.32. The molecule has 0 aromatic heterocycles. The van der Waals surface area contributed by atoms with E-state index in [4.69, 9.17) is 0 Å². The number of rotatable bonds is 5. The first-order valence-electron chi connectivity index (χ1n) is 9.64. The first-order chi connectivity index (χ1) is 13.4. The maximum absolute atomic E-state index is 12.7. The summed E-state index contributed by atoms with van der Waals surface area (Å²) in [7, 11) is 0. The lowest BCUT2D eigenvalue weighted by Crippen LogP contribution is -2.42. The second kappa shape index (κ2) is 7.26. The molecule has 8 heteroatoms. The average Bonchev–Trinajstić information content (AvgIpc) is 3.42. The van der Waals surface area contributed by atoms with Crippen molar-refractivity contribution in [3.63, 3.8) is 0 Å². The fourth-order valence-electron chi connectivity index (χ4n) is 4.26. The smallest absolute Gasteiger partial charge is 0.308 e. The molecule has 148 valence electrons. The Bertz CT molecular complexity index is 835. The molecule has 2 heterocycles. The van der Waals surface area contributed by atoms with Crippen LogP contribution >= 0.6 is 0 Å². The van der Waals surface area contributed by atoms with Gasteiger partial charge in [0, 0.05) is 25.9 Å². The van der Waals surface area contributed by atoms with Crippen molar-refractivity contribution in [1.82, 2.24) is 4.90 Å². The zero-order valence-electron chi connectivity index (χ0n) is 15.5. The fraction of sp³-hybridized carbons (Fsp3) is 0.500. The van der Waals surface area contributed by atoms with E-state index < -0.39 is 11.9 Å². The van der Waals surface area contributed by atoms with Gasteiger partial charge in [0.05, 0.1) is 17.3 Å². The molecule has 1 aliphatic carbocycles. The first-order valence-corrected chi connectivity index (χ1v) is 9.64. The normalized spacial score (nSPS) is 23.9. The van der Waals surface area contributed by atoms with Crippen molar-refractivity contribution >= 4 is 35.1 Å². The number of nitrogens with one attached hydrogen (secondary N) is 1. The number of nitrogens with zero attached hydrogens (tertiary/aromatic N) is 2. The van der Waals surface area contributed by atoms with Gasteiger partial charge >= 0.3 is 5.97 Å². The van der Waals surface area contributed by atoms with Gasteiger partial charge in [0.1, 0.15) is 6.54 Å². The standard InChI is InChI=1S/C20H23N3O5/c24-17-11-23(16-4-2-1-3-15(16)21-17)19(26)8-7-18(25)22-9-13(12-5-6-12)14(10-22)20(27)28/h1-4,12-14H,5-11H2,(H,21,24)(H,27,28)/t13-,14+/m1/s1. The van der Waals surface area contributed by atoms with E-state index in [0.29, 0.717) is 23.8 Å². The van der Waals surface area contributed by atoms with Gasteiger partial charge in [-0.1, -0.05) is 12.1 Å². The van der Waals surface area contributed by atoms with E-state index in [-0.39, 0.29) is 49.6 Å². The number of fused-ring (bicyclic) bond motifs is 1. The molecule has 3 aliphatic rings. The summed E-state index contributed by atoms with van der Waals surface area (Å²) in [6.45, 7) is 0.612. The van der Waals surface area contributed by atoms with Crippen molar-refractivity contribution in [3.05, 3.63) is 24.3 Å². The quantitative estimate of drug-likeness (QED) is 0.795. The number of amides is 3. The van der Waals surface area contributed by atoms with E-state index in [9.17, 15) is 24.3 Å². The number of hydrogen-bond donors (Lipinski definition) is 2. The molecule has 1 aromatic rings. The molecule has 0 spiro atoms. The number of carbonyl (C=O) groups is 4. The first kappa shape index (κ1) is 18.5. The minimum Gasteiger partial charge on any atom is -0.481 e. The van der Waals surface area contributed by atoms with Crippen molar-refractivity contribution in [1.29, 1.82) is 0 Å². The largest absolute Gasteiger partial charge is 0.481 e. The Labute approximate surface area is 162 Å². The molecular weight excluding hydrogens is 362 g/mol. The van der Waals surface area contributed by atoms with Crippen molar-refractivity contribution in [2.24, 2.45) is 17.8 Å². The number of carboxylic acid groups (broad SMARTS) is 1. The van der Waals surface area contributed by atoms with E-state index in [1.54, 1.807) is 29.2 Å². The van der Waals surface area contributed by atoms with Crippen LogP contribution in [0.25, 0.3) is 0 Å². The number of carbonyl (C=O) groups excluding carboxylic acids is 3. The lowest BCUT2D eigenvalue weighted by molar-refractivity contribution is -0.143. The number of para-hydroxylation sites is 2. The number of benzene rings is 1. The number of anilines is 2. The lowest BCUT2D eigenvalue weighted by Gasteiger charge is -2.29. The summed E-state index contributed by atoms with van der Waals surface area (Å²) >= 11 is 0. The zero-order chi connectivity index (χ0) is 19.8. The van der Waals surface area contributed by atoms with Gasteiger partial charge < -0.3 is 20.2 Å². The molecule has 2 atom stereocenters. The van der Waals surface area contributed by atoms with Gasteiger partial charge in [-0.05, 0) is 36.8 Å². The molecule has 1 saturated heterocycles. The van der Waals surface area contributed by atoms with Crippen molar-refractivity contribution < 1.29 is 24.3 Å². The third-order valence-corrected chi connectivity index (χ3v) is 5.89. The third-order valence-electron chi connectivity index (χ3n) is 5.89. The molecule has 4 rings (SSSR count). The summed E-state index contributed by atoms with van der Waals surface area (Å²) < 4.78 is 0. The molecule has 1 aromatic carbocycles. The number of carboxylic acids is 1. The van der Waals surface area contributed by atoms with Crippen LogP contribution in [0.15, 0.2) is 24.3 Å². The molecule has 2 aliphatic heterocycles. The highest BCUT2D eigenvalue weighted by Gasteiger charge is 2.46. The molecular formula is C20H23N3O5. The van der Waals surface area contributed by atoms with E-state index in [1.165, 1.54) is 4.90 Å². The van der Waals surface area contributed by atoms with Crippen LogP contribution < -0.4 is 10.2 Å². The lowest BCUT2D eigenvalue weighted by atomic mass is 9.92. The van der Waals surface area contributed by atoms with Crippen molar-refractivity contribution in [2.75, 3.05) is 29.9 Å². The predicted molar refractivity (Wildman–Crippen MR) is 101 cm³/mol. The number of likely N-dealkylation sites (tertiary alicyclic amines) is 1. The number of hydrogen-bond acceptors (Lipinski definition) is 4. The molecule has 2 N–H and O–H groups in total. The van der Waals surface area contributed by atoms with Crippen LogP contribution in [0.4, 0.5) is 11.4 Å². The average molecular weight is 385 g/mol. The minimum atomic E-state index is -0.848. The molecule has 8 nitrogen and oxygen atoms in total. The highest BCUT2D eigenvalue weighted by Crippen LogP contribution is 2.44. The summed E-state index contributed by atoms with van der Waals surface area (Å²) in [5.41, 5.74) is 1.20. The van der Waals surface area contributed by atoms with Crippen molar-refractivity contribution in [2.45, 2.75) is 25.7 Å². The summed E-state index contributed by atoms with van der Waals surface area (Å²) in [4.78, 5) is 51.6. The Morgan fingerprint density at radius 3 is 2.50 bits per heavy atom. The van der Waals surface area contributed by atoms with Gasteiger partial charge in [0.25, 0.3) is 0 Å². The Balaban J connectivity index is 1.37. The third kappa shape index (κ3) is 3.58. The second-order valence-corrected chi connectivity index (χ2v) is 7.79. The van der Waals surface area contributed by atoms with Gasteiger partial charge in [0.2, 0.25) is 17.7 Å². The van der Waals surface area contributed by atoms with Crippen LogP contribution in [-0.4, -0.2) is 53.3 Å². The van der Waals surface area contributed by atoms with Crippen LogP contribution in [0.2, 0.25) is 0 Å². The molecule has 3 amide bonds. The molecule has 0 radical (unpaired) electrons. The highest BCUT2D eigenvalue weighted by atomic mass is 16.4. The summed E-state index contributed by atoms with van der Waals surface area (Å²) in [6, 6.07) is 7.05. The Hall–Kier alpha value is -2.90. The van der Waals surface area contributed by atoms with Crippen LogP contribution in [-0.2, 0) is 19.2 Å². The van der Waals surface area contributed by atoms with Crippen LogP contribution in [0, 0.1) is 17.8 Å². The monoisotopic (exact) mass is 385 g/mol. The number of aliphatic carboxylic acids is 1. The maximum atomic E-state index is 12.7. The molecule has 2 fully saturated rings. The van der Waals surface area contributed by atoms with Gasteiger partial charge in [-0.3, -0.25) is 19.2 Å². The summed E-state index contributed by atoms with van der Waals surface area (Å²) in [5.74, 6) is -1.68. The van der Waals surface area contributed by atoms with E-state index in [1.807, 2.05) is 0 Å². The second-order valence-electron chi connectivity index (χ2n) is 7.79. The van der Waals surface area contributed by atoms with E-state index >= 15 is 0 Å². The Morgan fingerprint density at radius 2 is 1.79 bits per heavy atom. The van der Waals surface area contributed by atoms with E-state index in [2.05, 4.69) is 5.32 Å². The zero-order valence-corrected chi connectivity index (χ0v) is 15.5. The molecule has 28 heavy (non-hydrogen) atoms. The maximum Gasteiger partial charge on any atom is 0.308 e. The summed E-state index contributed by atoms with van der Waals surface area (Å²) in [6.07, 6.45) is 2.07. The van der Waals surface area contributed by atoms with Gasteiger partial charge in [0.15, 0.2) is 0 Å². The minimum absolute atomic E-state index is 0.0111. The summed E-state index contributed by atoms with van der Waals surface area (Å²) in [5, 5.41) is 12.2.